The number of halogens is 2. The smallest absolute Gasteiger partial charge is 0.423 e. The fraction of sp³-hybridized carbons (Fsp3) is 0. The van der Waals surface area contributed by atoms with Gasteiger partial charge in [-0.1, -0.05) is 54.6 Å². The average Bonchev–Trinajstić information content (AvgIpc) is 2.53. The van der Waals surface area contributed by atoms with Crippen molar-refractivity contribution in [2.75, 3.05) is 0 Å². The number of aromatic nitrogens is 1. The van der Waals surface area contributed by atoms with Crippen LogP contribution in [0.4, 0.5) is 0 Å². The molecule has 0 unspecified atom stereocenters. The van der Waals surface area contributed by atoms with Crippen molar-refractivity contribution in [1.82, 2.24) is 4.98 Å². The van der Waals surface area contributed by atoms with E-state index in [9.17, 15) is 0 Å². The van der Waals surface area contributed by atoms with E-state index in [4.69, 9.17) is 10.0 Å². The molecular weight excluding hydrogens is 397 g/mol. The molecule has 0 bridgehead atoms. The van der Waals surface area contributed by atoms with Crippen molar-refractivity contribution in [1.29, 1.82) is 0 Å². The Kier molecular flexibility index (Phi) is 5.93. The van der Waals surface area contributed by atoms with E-state index in [0.717, 1.165) is 14.5 Å². The van der Waals surface area contributed by atoms with Crippen LogP contribution < -0.4 is 5.46 Å². The van der Waals surface area contributed by atoms with Crippen LogP contribution in [-0.4, -0.2) is 22.2 Å². The van der Waals surface area contributed by atoms with Crippen molar-refractivity contribution < 1.29 is 10.0 Å². The Balaban J connectivity index is 0.000000161. The Labute approximate surface area is 140 Å². The van der Waals surface area contributed by atoms with Gasteiger partial charge in [0.15, 0.2) is 0 Å². The maximum Gasteiger partial charge on any atom is 0.488 e. The van der Waals surface area contributed by atoms with Crippen molar-refractivity contribution >= 4 is 55.2 Å². The SMILES string of the molecule is Brc1cnc(Br)c2ccccc12.OB(O)c1ccccc1. The van der Waals surface area contributed by atoms with E-state index in [1.807, 2.05) is 24.3 Å². The number of benzene rings is 2. The normalized spacial score (nSPS) is 9.90. The van der Waals surface area contributed by atoms with E-state index in [2.05, 4.69) is 42.9 Å². The topological polar surface area (TPSA) is 53.4 Å². The van der Waals surface area contributed by atoms with Gasteiger partial charge >= 0.3 is 7.12 Å². The van der Waals surface area contributed by atoms with Gasteiger partial charge in [-0.25, -0.2) is 4.98 Å². The predicted octanol–water partition coefficient (Wildman–Crippen LogP) is 3.13. The lowest BCUT2D eigenvalue weighted by Gasteiger charge is -2.00. The van der Waals surface area contributed by atoms with Crippen LogP contribution in [0.3, 0.4) is 0 Å². The first-order chi connectivity index (χ1) is 10.1. The van der Waals surface area contributed by atoms with Crippen molar-refractivity contribution in [3.8, 4) is 0 Å². The fourth-order valence-corrected chi connectivity index (χ4v) is 2.65. The zero-order valence-electron chi connectivity index (χ0n) is 10.9. The highest BCUT2D eigenvalue weighted by molar-refractivity contribution is 9.11. The van der Waals surface area contributed by atoms with Crippen molar-refractivity contribution in [3.05, 3.63) is 69.9 Å². The second kappa shape index (κ2) is 7.70. The number of fused-ring (bicyclic) bond motifs is 1. The second-order valence-electron chi connectivity index (χ2n) is 4.23. The summed E-state index contributed by atoms with van der Waals surface area (Å²) in [4.78, 5) is 4.18. The van der Waals surface area contributed by atoms with Crippen LogP contribution >= 0.6 is 31.9 Å². The molecule has 0 saturated carbocycles. The molecule has 0 fully saturated rings. The van der Waals surface area contributed by atoms with Crippen molar-refractivity contribution in [2.24, 2.45) is 0 Å². The largest absolute Gasteiger partial charge is 0.488 e. The van der Waals surface area contributed by atoms with E-state index in [-0.39, 0.29) is 0 Å². The van der Waals surface area contributed by atoms with E-state index in [0.29, 0.717) is 5.46 Å². The van der Waals surface area contributed by atoms with E-state index in [1.54, 1.807) is 30.5 Å². The molecule has 0 amide bonds. The number of pyridine rings is 1. The first-order valence-corrected chi connectivity index (χ1v) is 7.78. The Morgan fingerprint density at radius 1 is 0.810 bits per heavy atom. The monoisotopic (exact) mass is 407 g/mol. The lowest BCUT2D eigenvalue weighted by Crippen LogP contribution is -2.29. The molecule has 3 aromatic rings. The first kappa shape index (κ1) is 16.2. The van der Waals surface area contributed by atoms with Gasteiger partial charge < -0.3 is 10.0 Å². The molecule has 0 radical (unpaired) electrons. The summed E-state index contributed by atoms with van der Waals surface area (Å²) in [6.45, 7) is 0. The molecule has 0 aliphatic rings. The van der Waals surface area contributed by atoms with E-state index >= 15 is 0 Å². The van der Waals surface area contributed by atoms with Crippen LogP contribution in [0.5, 0.6) is 0 Å². The second-order valence-corrected chi connectivity index (χ2v) is 5.83. The average molecular weight is 409 g/mol. The van der Waals surface area contributed by atoms with Gasteiger partial charge in [-0.2, -0.15) is 0 Å². The zero-order chi connectivity index (χ0) is 15.2. The summed E-state index contributed by atoms with van der Waals surface area (Å²) in [6.07, 6.45) is 1.80. The molecule has 106 valence electrons. The zero-order valence-corrected chi connectivity index (χ0v) is 14.1. The van der Waals surface area contributed by atoms with Crippen LogP contribution in [-0.2, 0) is 0 Å². The molecule has 0 spiro atoms. The summed E-state index contributed by atoms with van der Waals surface area (Å²) in [5.74, 6) is 0. The lowest BCUT2D eigenvalue weighted by molar-refractivity contribution is 0.426. The summed E-state index contributed by atoms with van der Waals surface area (Å²) in [5.41, 5.74) is 0.525. The first-order valence-electron chi connectivity index (χ1n) is 6.19. The maximum atomic E-state index is 8.58. The lowest BCUT2D eigenvalue weighted by atomic mass is 9.81. The van der Waals surface area contributed by atoms with Crippen LogP contribution in [0.1, 0.15) is 0 Å². The molecule has 2 N–H and O–H groups in total. The number of nitrogens with zero attached hydrogens (tertiary/aromatic N) is 1. The standard InChI is InChI=1S/C9H5Br2N.C6H7BO2/c10-8-5-12-9(11)7-4-2-1-3-6(7)8;8-7(9)6-4-2-1-3-5-6/h1-5H;1-5,8-9H. The molecule has 2 aromatic carbocycles. The van der Waals surface area contributed by atoms with Crippen LogP contribution in [0.15, 0.2) is 69.9 Å². The minimum Gasteiger partial charge on any atom is -0.423 e. The van der Waals surface area contributed by atoms with Gasteiger partial charge in [-0.3, -0.25) is 0 Å². The highest BCUT2D eigenvalue weighted by atomic mass is 79.9. The van der Waals surface area contributed by atoms with Crippen LogP contribution in [0.25, 0.3) is 10.8 Å². The van der Waals surface area contributed by atoms with Crippen LogP contribution in [0.2, 0.25) is 0 Å². The molecule has 1 aromatic heterocycles. The quantitative estimate of drug-likeness (QED) is 0.480. The summed E-state index contributed by atoms with van der Waals surface area (Å²) >= 11 is 6.85. The molecule has 0 saturated heterocycles. The van der Waals surface area contributed by atoms with Gasteiger partial charge in [0.25, 0.3) is 0 Å². The summed E-state index contributed by atoms with van der Waals surface area (Å²) < 4.78 is 1.92. The van der Waals surface area contributed by atoms with Crippen molar-refractivity contribution in [3.63, 3.8) is 0 Å². The van der Waals surface area contributed by atoms with Gasteiger partial charge in [-0.15, -0.1) is 0 Å². The highest BCUT2D eigenvalue weighted by Gasteiger charge is 2.07. The third-order valence-corrected chi connectivity index (χ3v) is 4.06. The van der Waals surface area contributed by atoms with Gasteiger partial charge in [0.05, 0.1) is 0 Å². The third kappa shape index (κ3) is 4.38. The van der Waals surface area contributed by atoms with Gasteiger partial charge in [0.2, 0.25) is 0 Å². The Bertz CT molecular complexity index is 683. The van der Waals surface area contributed by atoms with Gasteiger partial charge in [-0.05, 0) is 37.3 Å². The Hall–Kier alpha value is -1.21. The summed E-state index contributed by atoms with van der Waals surface area (Å²) in [5, 5.41) is 19.5. The Morgan fingerprint density at radius 2 is 1.38 bits per heavy atom. The predicted molar refractivity (Wildman–Crippen MR) is 93.4 cm³/mol. The van der Waals surface area contributed by atoms with Gasteiger partial charge in [0, 0.05) is 21.4 Å². The molecule has 21 heavy (non-hydrogen) atoms. The fourth-order valence-electron chi connectivity index (χ4n) is 1.75. The molecule has 6 heteroatoms. The molecule has 1 heterocycles. The number of rotatable bonds is 1. The Morgan fingerprint density at radius 3 is 1.90 bits per heavy atom. The molecular formula is C15H12BBr2NO2. The molecule has 3 nitrogen and oxygen atoms in total. The number of hydrogen-bond acceptors (Lipinski definition) is 3. The van der Waals surface area contributed by atoms with E-state index in [1.165, 1.54) is 5.39 Å². The molecule has 0 aliphatic heterocycles. The number of hydrogen-bond donors (Lipinski definition) is 2. The van der Waals surface area contributed by atoms with Crippen LogP contribution in [0, 0.1) is 0 Å². The van der Waals surface area contributed by atoms with Gasteiger partial charge in [0.1, 0.15) is 4.60 Å². The minimum absolute atomic E-state index is 0.525. The summed E-state index contributed by atoms with van der Waals surface area (Å²) in [6, 6.07) is 16.8. The molecule has 0 aliphatic carbocycles. The minimum atomic E-state index is -1.34. The summed E-state index contributed by atoms with van der Waals surface area (Å²) in [7, 11) is -1.34. The maximum absolute atomic E-state index is 8.58. The van der Waals surface area contributed by atoms with E-state index < -0.39 is 7.12 Å². The highest BCUT2D eigenvalue weighted by Crippen LogP contribution is 2.27. The van der Waals surface area contributed by atoms with Crippen molar-refractivity contribution in [2.45, 2.75) is 0 Å². The third-order valence-electron chi connectivity index (χ3n) is 2.80. The molecule has 0 atom stereocenters. The molecule has 3 rings (SSSR count).